The third kappa shape index (κ3) is 2.13. The van der Waals surface area contributed by atoms with Crippen molar-refractivity contribution >= 4 is 0 Å². The molecule has 3 rings (SSSR count). The molecule has 1 aliphatic heterocycles. The van der Waals surface area contributed by atoms with Crippen molar-refractivity contribution < 1.29 is 9.47 Å². The van der Waals surface area contributed by atoms with Crippen LogP contribution in [0, 0.1) is 6.92 Å². The van der Waals surface area contributed by atoms with E-state index >= 15 is 0 Å². The lowest BCUT2D eigenvalue weighted by atomic mass is 9.93. The average molecular weight is 254 g/mol. The summed E-state index contributed by atoms with van der Waals surface area (Å²) in [6.07, 6.45) is 1.81. The maximum absolute atomic E-state index is 6.19. The van der Waals surface area contributed by atoms with Crippen LogP contribution in [0.4, 0.5) is 0 Å². The molecular weight excluding hydrogens is 236 g/mol. The zero-order valence-corrected chi connectivity index (χ0v) is 11.3. The van der Waals surface area contributed by atoms with Gasteiger partial charge < -0.3 is 9.47 Å². The normalized spacial score (nSPS) is 21.6. The topological polar surface area (TPSA) is 18.5 Å². The van der Waals surface area contributed by atoms with Crippen molar-refractivity contribution in [1.82, 2.24) is 0 Å². The first-order valence-electron chi connectivity index (χ1n) is 6.63. The van der Waals surface area contributed by atoms with Gasteiger partial charge in [0, 0.05) is 19.1 Å². The van der Waals surface area contributed by atoms with Gasteiger partial charge in [0.2, 0.25) is 5.79 Å². The summed E-state index contributed by atoms with van der Waals surface area (Å²) in [6.45, 7) is 2.11. The van der Waals surface area contributed by atoms with Crippen molar-refractivity contribution in [2.24, 2.45) is 0 Å². The number of rotatable bonds is 2. The van der Waals surface area contributed by atoms with Gasteiger partial charge in [-0.25, -0.2) is 0 Å². The second-order valence-electron chi connectivity index (χ2n) is 5.04. The van der Waals surface area contributed by atoms with Crippen LogP contribution in [0.5, 0.6) is 5.75 Å². The second-order valence-corrected chi connectivity index (χ2v) is 5.04. The van der Waals surface area contributed by atoms with E-state index in [0.29, 0.717) is 0 Å². The third-order valence-electron chi connectivity index (χ3n) is 3.76. The zero-order valence-electron chi connectivity index (χ0n) is 11.3. The first-order chi connectivity index (χ1) is 9.23. The monoisotopic (exact) mass is 254 g/mol. The molecule has 1 heterocycles. The molecule has 2 nitrogen and oxygen atoms in total. The minimum atomic E-state index is -0.649. The fraction of sp³-hybridized carbons (Fsp3) is 0.294. The van der Waals surface area contributed by atoms with Crippen molar-refractivity contribution in [2.45, 2.75) is 25.6 Å². The van der Waals surface area contributed by atoms with Crippen molar-refractivity contribution in [1.29, 1.82) is 0 Å². The highest BCUT2D eigenvalue weighted by Gasteiger charge is 2.38. The van der Waals surface area contributed by atoms with Crippen LogP contribution in [0.1, 0.15) is 23.1 Å². The van der Waals surface area contributed by atoms with Gasteiger partial charge in [0.1, 0.15) is 5.75 Å². The summed E-state index contributed by atoms with van der Waals surface area (Å²) in [5, 5.41) is 0. The molecule has 0 saturated heterocycles. The van der Waals surface area contributed by atoms with E-state index in [4.69, 9.17) is 9.47 Å². The smallest absolute Gasteiger partial charge is 0.237 e. The van der Waals surface area contributed by atoms with E-state index in [1.165, 1.54) is 11.1 Å². The number of aryl methyl sites for hydroxylation is 2. The van der Waals surface area contributed by atoms with Crippen LogP contribution in [0.3, 0.4) is 0 Å². The van der Waals surface area contributed by atoms with Crippen LogP contribution >= 0.6 is 0 Å². The third-order valence-corrected chi connectivity index (χ3v) is 3.76. The van der Waals surface area contributed by atoms with Crippen LogP contribution in [0.25, 0.3) is 0 Å². The Labute approximate surface area is 114 Å². The van der Waals surface area contributed by atoms with Crippen molar-refractivity contribution in [3.05, 3.63) is 65.2 Å². The maximum atomic E-state index is 6.19. The summed E-state index contributed by atoms with van der Waals surface area (Å²) in [7, 11) is 1.71. The predicted molar refractivity (Wildman–Crippen MR) is 75.3 cm³/mol. The van der Waals surface area contributed by atoms with Crippen LogP contribution in [0.2, 0.25) is 0 Å². The largest absolute Gasteiger partial charge is 0.458 e. The fourth-order valence-corrected chi connectivity index (χ4v) is 2.69. The highest BCUT2D eigenvalue weighted by atomic mass is 16.7. The van der Waals surface area contributed by atoms with E-state index in [2.05, 4.69) is 31.2 Å². The van der Waals surface area contributed by atoms with Crippen LogP contribution in [-0.2, 0) is 16.9 Å². The minimum Gasteiger partial charge on any atom is -0.458 e. The number of hydrogen-bond acceptors (Lipinski definition) is 2. The number of benzene rings is 2. The minimum absolute atomic E-state index is 0.649. The molecule has 0 amide bonds. The molecule has 1 aliphatic rings. The van der Waals surface area contributed by atoms with Gasteiger partial charge in [0.05, 0.1) is 0 Å². The fourth-order valence-electron chi connectivity index (χ4n) is 2.69. The zero-order chi connectivity index (χ0) is 13.3. The quantitative estimate of drug-likeness (QED) is 0.811. The highest BCUT2D eigenvalue weighted by Crippen LogP contribution is 2.40. The van der Waals surface area contributed by atoms with Crippen molar-refractivity contribution in [2.75, 3.05) is 7.11 Å². The molecule has 1 unspecified atom stereocenters. The van der Waals surface area contributed by atoms with E-state index in [9.17, 15) is 0 Å². The molecule has 2 aromatic carbocycles. The molecule has 2 heteroatoms. The maximum Gasteiger partial charge on any atom is 0.237 e. The van der Waals surface area contributed by atoms with E-state index in [1.807, 2.05) is 24.3 Å². The summed E-state index contributed by atoms with van der Waals surface area (Å²) in [6, 6.07) is 16.5. The Kier molecular flexibility index (Phi) is 3.03. The molecular formula is C17H18O2. The summed E-state index contributed by atoms with van der Waals surface area (Å²) in [4.78, 5) is 0. The Morgan fingerprint density at radius 3 is 2.63 bits per heavy atom. The summed E-state index contributed by atoms with van der Waals surface area (Å²) < 4.78 is 11.9. The Balaban J connectivity index is 2.00. The van der Waals surface area contributed by atoms with Crippen molar-refractivity contribution in [3.63, 3.8) is 0 Å². The van der Waals surface area contributed by atoms with E-state index in [1.54, 1.807) is 7.11 Å². The predicted octanol–water partition coefficient (Wildman–Crippen LogP) is 3.82. The molecule has 0 bridgehead atoms. The molecule has 98 valence electrons. The Bertz CT molecular complexity index is 577. The van der Waals surface area contributed by atoms with Gasteiger partial charge >= 0.3 is 0 Å². The molecule has 19 heavy (non-hydrogen) atoms. The van der Waals surface area contributed by atoms with Gasteiger partial charge in [0.25, 0.3) is 0 Å². The molecule has 0 aliphatic carbocycles. The average Bonchev–Trinajstić information content (AvgIpc) is 2.48. The standard InChI is InChI=1S/C17H18O2/c1-13-8-9-16-14(12-13)10-11-17(18-2,19-16)15-6-4-3-5-7-15/h3-9,12H,10-11H2,1-2H3. The molecule has 0 radical (unpaired) electrons. The lowest BCUT2D eigenvalue weighted by Crippen LogP contribution is -2.38. The Morgan fingerprint density at radius 2 is 1.89 bits per heavy atom. The first kappa shape index (κ1) is 12.2. The Hall–Kier alpha value is -1.80. The summed E-state index contributed by atoms with van der Waals surface area (Å²) in [5.41, 5.74) is 3.61. The lowest BCUT2D eigenvalue weighted by Gasteiger charge is -2.37. The van der Waals surface area contributed by atoms with Gasteiger partial charge in [-0.2, -0.15) is 0 Å². The molecule has 2 aromatic rings. The number of hydrogen-bond donors (Lipinski definition) is 0. The molecule has 0 spiro atoms. The highest BCUT2D eigenvalue weighted by molar-refractivity contribution is 5.40. The van der Waals surface area contributed by atoms with Gasteiger partial charge in [-0.1, -0.05) is 48.0 Å². The first-order valence-corrected chi connectivity index (χ1v) is 6.63. The van der Waals surface area contributed by atoms with Gasteiger partial charge in [-0.15, -0.1) is 0 Å². The van der Waals surface area contributed by atoms with Crippen LogP contribution in [-0.4, -0.2) is 7.11 Å². The van der Waals surface area contributed by atoms with Crippen LogP contribution < -0.4 is 4.74 Å². The van der Waals surface area contributed by atoms with Gasteiger partial charge in [0.15, 0.2) is 0 Å². The van der Waals surface area contributed by atoms with Crippen molar-refractivity contribution in [3.8, 4) is 5.75 Å². The molecule has 1 atom stereocenters. The van der Waals surface area contributed by atoms with E-state index in [-0.39, 0.29) is 0 Å². The lowest BCUT2D eigenvalue weighted by molar-refractivity contribution is -0.183. The molecule has 0 aromatic heterocycles. The number of fused-ring (bicyclic) bond motifs is 1. The SMILES string of the molecule is COC1(c2ccccc2)CCc2cc(C)ccc2O1. The van der Waals surface area contributed by atoms with Crippen LogP contribution in [0.15, 0.2) is 48.5 Å². The molecule has 0 N–H and O–H groups in total. The van der Waals surface area contributed by atoms with Gasteiger partial charge in [-0.05, 0) is 25.0 Å². The number of ether oxygens (including phenoxy) is 2. The Morgan fingerprint density at radius 1 is 1.11 bits per heavy atom. The second kappa shape index (κ2) is 4.71. The van der Waals surface area contributed by atoms with E-state index < -0.39 is 5.79 Å². The summed E-state index contributed by atoms with van der Waals surface area (Å²) in [5.74, 6) is 0.284. The number of methoxy groups -OCH3 is 1. The molecule has 0 fully saturated rings. The molecule has 0 saturated carbocycles. The summed E-state index contributed by atoms with van der Waals surface area (Å²) >= 11 is 0. The van der Waals surface area contributed by atoms with E-state index in [0.717, 1.165) is 24.2 Å². The van der Waals surface area contributed by atoms with Gasteiger partial charge in [-0.3, -0.25) is 0 Å².